The van der Waals surface area contributed by atoms with Crippen LogP contribution in [0.3, 0.4) is 0 Å². The first-order valence-electron chi connectivity index (χ1n) is 27.3. The fourth-order valence-corrected chi connectivity index (χ4v) is 16.7. The summed E-state index contributed by atoms with van der Waals surface area (Å²) < 4.78 is 54.1. The molecule has 5 aliphatic carbocycles. The number of aliphatic hydroxyl groups excluding tert-OH is 10. The molecule has 24 nitrogen and oxygen atoms in total. The van der Waals surface area contributed by atoms with Crippen LogP contribution < -0.4 is 0 Å². The molecule has 1 unspecified atom stereocenters. The topological polar surface area (TPSA) is 377 Å². The van der Waals surface area contributed by atoms with Gasteiger partial charge in [0.2, 0.25) is 0 Å². The number of carbonyl (C=O) groups is 3. The summed E-state index contributed by atoms with van der Waals surface area (Å²) in [6, 6.07) is 0. The van der Waals surface area contributed by atoms with Crippen LogP contribution in [-0.2, 0) is 57.0 Å². The minimum atomic E-state index is -2.29. The third-order valence-electron chi connectivity index (χ3n) is 21.7. The van der Waals surface area contributed by atoms with Gasteiger partial charge in [-0.25, -0.2) is 9.59 Å². The number of carbonyl (C=O) groups excluding carboxylic acids is 1. The molecule has 0 aromatic carbocycles. The number of hydrogen-bond acceptors (Lipinski definition) is 22. The molecule has 10 rings (SSSR count). The second-order valence-corrected chi connectivity index (χ2v) is 25.8. The Morgan fingerprint density at radius 3 is 1.91 bits per heavy atom. The van der Waals surface area contributed by atoms with Crippen LogP contribution in [0.2, 0.25) is 0 Å². The van der Waals surface area contributed by atoms with E-state index in [9.17, 15) is 75.7 Å². The van der Waals surface area contributed by atoms with Crippen LogP contribution in [0.15, 0.2) is 11.6 Å². The predicted octanol–water partition coefficient (Wildman–Crippen LogP) is -1.20. The van der Waals surface area contributed by atoms with Crippen LogP contribution in [0.4, 0.5) is 0 Å². The van der Waals surface area contributed by atoms with Gasteiger partial charge in [-0.1, -0.05) is 46.3 Å². The van der Waals surface area contributed by atoms with E-state index in [4.69, 9.17) is 42.6 Å². The van der Waals surface area contributed by atoms with Gasteiger partial charge in [0.25, 0.3) is 0 Å². The Bertz CT molecular complexity index is 2290. The molecule has 0 spiro atoms. The Morgan fingerprint density at radius 2 is 1.25 bits per heavy atom. The van der Waals surface area contributed by atoms with Crippen molar-refractivity contribution in [2.45, 2.75) is 235 Å². The Balaban J connectivity index is 0.959. The number of esters is 1. The highest BCUT2D eigenvalue weighted by Gasteiger charge is 2.72. The maximum atomic E-state index is 13.3. The summed E-state index contributed by atoms with van der Waals surface area (Å²) in [6.45, 7) is 13.6. The van der Waals surface area contributed by atoms with Crippen molar-refractivity contribution in [2.24, 2.45) is 50.2 Å². The summed E-state index contributed by atoms with van der Waals surface area (Å²) in [5, 5.41) is 131. The Hall–Kier alpha value is -2.57. The molecule has 24 heteroatoms. The van der Waals surface area contributed by atoms with Crippen LogP contribution in [0.5, 0.6) is 0 Å². The SMILES string of the molecule is C[C@@H]1O[C@@H](O[C@H]2[C@H](O[C@H]3[C@H](O[C@H]4CC[C@@]5(C)C(CC[C@]6(C)[C@@H]5CC=C5[C@@H]7C[C@]8(C)C[C@@H](OC8=O)[C@]7(C)CC[C@]56C)[C@@]4(C)CO)O[C@H](C(=O)O)[C@@H](O)[C@@H]3O)O[C@H](C(=O)O)[C@@H](O)[C@@H]2O[C@@H]2OC[C@@H](O)[C@H](O)[C@H]2O)[C@H](O)[C@H](O)[C@H]1O. The van der Waals surface area contributed by atoms with Gasteiger partial charge >= 0.3 is 17.9 Å². The third kappa shape index (κ3) is 8.79. The predicted molar refractivity (Wildman–Crippen MR) is 256 cm³/mol. The van der Waals surface area contributed by atoms with E-state index in [0.717, 1.165) is 38.5 Å². The fourth-order valence-electron chi connectivity index (χ4n) is 16.7. The number of hydrogen-bond donors (Lipinski definition) is 12. The van der Waals surface area contributed by atoms with E-state index in [1.54, 1.807) is 0 Å². The zero-order valence-electron chi connectivity index (χ0n) is 44.5. The van der Waals surface area contributed by atoms with Gasteiger partial charge in [-0.15, -0.1) is 0 Å². The molecule has 5 saturated heterocycles. The van der Waals surface area contributed by atoms with Crippen molar-refractivity contribution in [3.05, 3.63) is 11.6 Å². The molecule has 5 aliphatic heterocycles. The Morgan fingerprint density at radius 1 is 0.623 bits per heavy atom. The number of ether oxygens (including phenoxy) is 9. The van der Waals surface area contributed by atoms with Crippen molar-refractivity contribution >= 4 is 17.9 Å². The lowest BCUT2D eigenvalue weighted by Crippen LogP contribution is -2.69. The smallest absolute Gasteiger partial charge is 0.335 e. The first kappa shape index (κ1) is 57.7. The average molecular weight is 1100 g/mol. The maximum Gasteiger partial charge on any atom is 0.335 e. The molecule has 436 valence electrons. The number of carboxylic acids is 2. The average Bonchev–Trinajstić information content (AvgIpc) is 3.65. The summed E-state index contributed by atoms with van der Waals surface area (Å²) in [6.07, 6.45) is -29.8. The monoisotopic (exact) mass is 1100 g/mol. The van der Waals surface area contributed by atoms with E-state index in [1.807, 2.05) is 13.8 Å². The molecule has 77 heavy (non-hydrogen) atoms. The summed E-state index contributed by atoms with van der Waals surface area (Å²) in [7, 11) is 0. The highest BCUT2D eigenvalue weighted by atomic mass is 16.8. The molecule has 0 amide bonds. The largest absolute Gasteiger partial charge is 0.479 e. The van der Waals surface area contributed by atoms with Gasteiger partial charge in [0.15, 0.2) is 37.4 Å². The van der Waals surface area contributed by atoms with Gasteiger partial charge in [0.05, 0.1) is 30.8 Å². The van der Waals surface area contributed by atoms with E-state index < -0.39 is 159 Å². The molecular formula is C53H80O24. The van der Waals surface area contributed by atoms with Crippen molar-refractivity contribution in [1.29, 1.82) is 0 Å². The molecule has 12 N–H and O–H groups in total. The standard InChI is InChI=1S/C53H80O24/c1-20-28(56)30(58)34(62)44(70-20)77-40-36(73-43-33(61)29(57)23(55)18-69-43)35(63)38(42(66)67)75-46(40)76-39-32(60)31(59)37(41(64)65)74-45(39)71-26-11-12-50(4)24(51(26,5)19-54)10-13-53(7)25(50)9-8-21-22-16-48(2)17-27(72-47(48)68)49(22,3)14-15-52(21,53)6/h8,20,22-40,43-46,54-63H,9-19H2,1-7H3,(H,64,65)(H,66,67)/t20-,22-,23+,24?,25+,26-,27+,28-,29-,30+,31-,32-,33+,34+,35-,36-,37-,38-,39+,40+,43-,44-,45+,46-,48+,49+,50-,51+,52+,53+/m0/s1. The summed E-state index contributed by atoms with van der Waals surface area (Å²) in [5.74, 6) is -3.49. The van der Waals surface area contributed by atoms with E-state index in [-0.39, 0.29) is 57.9 Å². The van der Waals surface area contributed by atoms with Crippen LogP contribution in [-0.4, -0.2) is 221 Å². The first-order valence-corrected chi connectivity index (χ1v) is 27.3. The Labute approximate surface area is 445 Å². The van der Waals surface area contributed by atoms with Gasteiger partial charge in [0, 0.05) is 17.3 Å². The molecule has 2 bridgehead atoms. The van der Waals surface area contributed by atoms with Crippen molar-refractivity contribution in [3.8, 4) is 0 Å². The van der Waals surface area contributed by atoms with Crippen LogP contribution in [0.1, 0.15) is 106 Å². The number of carboxylic acid groups (broad SMARTS) is 2. The fraction of sp³-hybridized carbons (Fsp3) is 0.906. The normalized spacial score (nSPS) is 56.4. The lowest BCUT2D eigenvalue weighted by Gasteiger charge is -2.71. The summed E-state index contributed by atoms with van der Waals surface area (Å²) in [4.78, 5) is 38.8. The number of aliphatic carboxylic acids is 2. The van der Waals surface area contributed by atoms with E-state index in [0.29, 0.717) is 12.8 Å². The molecule has 5 heterocycles. The lowest BCUT2D eigenvalue weighted by molar-refractivity contribution is -0.405. The molecule has 30 atom stereocenters. The molecule has 4 saturated carbocycles. The quantitative estimate of drug-likeness (QED) is 0.0657. The highest BCUT2D eigenvalue weighted by Crippen LogP contribution is 2.76. The van der Waals surface area contributed by atoms with Crippen molar-refractivity contribution in [2.75, 3.05) is 13.2 Å². The highest BCUT2D eigenvalue weighted by molar-refractivity contribution is 5.79. The molecule has 0 aromatic heterocycles. The number of rotatable bonds is 11. The molecule has 0 radical (unpaired) electrons. The van der Waals surface area contributed by atoms with Gasteiger partial charge in [-0.05, 0) is 99.2 Å². The zero-order chi connectivity index (χ0) is 56.0. The molecule has 0 aromatic rings. The van der Waals surface area contributed by atoms with Gasteiger partial charge in [-0.2, -0.15) is 0 Å². The van der Waals surface area contributed by atoms with Crippen molar-refractivity contribution < 1.29 is 118 Å². The maximum absolute atomic E-state index is 13.3. The van der Waals surface area contributed by atoms with Gasteiger partial charge in [-0.3, -0.25) is 4.79 Å². The lowest BCUT2D eigenvalue weighted by atomic mass is 9.33. The van der Waals surface area contributed by atoms with Crippen LogP contribution >= 0.6 is 0 Å². The third-order valence-corrected chi connectivity index (χ3v) is 21.7. The first-order chi connectivity index (χ1) is 36.0. The zero-order valence-corrected chi connectivity index (χ0v) is 44.5. The second kappa shape index (κ2) is 20.1. The van der Waals surface area contributed by atoms with Gasteiger partial charge in [0.1, 0.15) is 79.4 Å². The Kier molecular flexibility index (Phi) is 15.1. The van der Waals surface area contributed by atoms with E-state index in [2.05, 4.69) is 33.8 Å². The van der Waals surface area contributed by atoms with E-state index >= 15 is 0 Å². The summed E-state index contributed by atoms with van der Waals surface area (Å²) in [5.41, 5.74) is -1.12. The minimum Gasteiger partial charge on any atom is -0.479 e. The minimum absolute atomic E-state index is 0.109. The number of allylic oxidation sites excluding steroid dienone is 2. The number of aliphatic hydroxyl groups is 10. The molecular weight excluding hydrogens is 1020 g/mol. The van der Waals surface area contributed by atoms with Crippen molar-refractivity contribution in [3.63, 3.8) is 0 Å². The van der Waals surface area contributed by atoms with E-state index in [1.165, 1.54) is 12.5 Å². The van der Waals surface area contributed by atoms with Gasteiger partial charge < -0.3 is 104 Å². The molecule has 9 fully saturated rings. The number of fused-ring (bicyclic) bond motifs is 10. The second-order valence-electron chi connectivity index (χ2n) is 25.8. The van der Waals surface area contributed by atoms with Crippen LogP contribution in [0, 0.1) is 50.2 Å². The van der Waals surface area contributed by atoms with Crippen LogP contribution in [0.25, 0.3) is 0 Å². The summed E-state index contributed by atoms with van der Waals surface area (Å²) >= 11 is 0. The molecule has 10 aliphatic rings. The van der Waals surface area contributed by atoms with Crippen molar-refractivity contribution in [1.82, 2.24) is 0 Å².